The smallest absolute Gasteiger partial charge is 0.295 e. The molecule has 8 heteroatoms. The van der Waals surface area contributed by atoms with E-state index in [4.69, 9.17) is 23.2 Å². The van der Waals surface area contributed by atoms with Crippen LogP contribution in [0.1, 0.15) is 16.2 Å². The van der Waals surface area contributed by atoms with Gasteiger partial charge in [0.05, 0.1) is 15.7 Å². The van der Waals surface area contributed by atoms with Crippen molar-refractivity contribution in [3.8, 4) is 17.1 Å². The van der Waals surface area contributed by atoms with E-state index in [9.17, 15) is 4.79 Å². The number of carbonyl (C=O) groups excluding carboxylic acids is 1. The molecule has 0 atom stereocenters. The molecule has 0 bridgehead atoms. The van der Waals surface area contributed by atoms with Crippen LogP contribution in [0.2, 0.25) is 10.0 Å². The van der Waals surface area contributed by atoms with Crippen LogP contribution in [-0.4, -0.2) is 20.7 Å². The van der Waals surface area contributed by atoms with Crippen LogP contribution >= 0.6 is 39.1 Å². The van der Waals surface area contributed by atoms with Crippen molar-refractivity contribution in [3.05, 3.63) is 92.6 Å². The monoisotopic (exact) mass is 500 g/mol. The lowest BCUT2D eigenvalue weighted by atomic mass is 10.1. The van der Waals surface area contributed by atoms with Gasteiger partial charge in [-0.1, -0.05) is 69.0 Å². The quantitative estimate of drug-likeness (QED) is 0.344. The van der Waals surface area contributed by atoms with Gasteiger partial charge in [-0.15, -0.1) is 5.10 Å². The summed E-state index contributed by atoms with van der Waals surface area (Å²) in [7, 11) is 0. The highest BCUT2D eigenvalue weighted by molar-refractivity contribution is 9.10. The maximum atomic E-state index is 12.8. The average Bonchev–Trinajstić information content (AvgIpc) is 3.16. The van der Waals surface area contributed by atoms with Gasteiger partial charge in [-0.3, -0.25) is 4.79 Å². The molecule has 150 valence electrons. The van der Waals surface area contributed by atoms with Gasteiger partial charge in [0.25, 0.3) is 5.91 Å². The molecule has 1 amide bonds. The number of aromatic nitrogens is 3. The molecular formula is C22H15BrCl2N4O. The third-order valence-electron chi connectivity index (χ3n) is 4.32. The van der Waals surface area contributed by atoms with E-state index in [1.54, 1.807) is 35.0 Å². The van der Waals surface area contributed by atoms with Crippen LogP contribution in [0.15, 0.2) is 71.2 Å². The van der Waals surface area contributed by atoms with Gasteiger partial charge in [0, 0.05) is 15.7 Å². The first-order valence-electron chi connectivity index (χ1n) is 8.97. The van der Waals surface area contributed by atoms with E-state index in [-0.39, 0.29) is 5.82 Å². The van der Waals surface area contributed by atoms with Crippen LogP contribution in [-0.2, 0) is 0 Å². The van der Waals surface area contributed by atoms with E-state index >= 15 is 0 Å². The van der Waals surface area contributed by atoms with Gasteiger partial charge in [0.2, 0.25) is 5.82 Å². The molecule has 0 aliphatic rings. The molecule has 1 heterocycles. The Morgan fingerprint density at radius 3 is 2.53 bits per heavy atom. The van der Waals surface area contributed by atoms with Crippen LogP contribution in [0.5, 0.6) is 0 Å². The number of nitrogens with zero attached hydrogens (tertiary/aromatic N) is 3. The molecule has 0 radical (unpaired) electrons. The zero-order valence-electron chi connectivity index (χ0n) is 15.7. The fraction of sp³-hybridized carbons (Fsp3) is 0.0455. The Labute approximate surface area is 191 Å². The molecular weight excluding hydrogens is 487 g/mol. The number of aryl methyl sites for hydroxylation is 1. The minimum absolute atomic E-state index is 0.0394. The van der Waals surface area contributed by atoms with E-state index < -0.39 is 5.91 Å². The number of carbonyl (C=O) groups is 1. The number of hydrogen-bond donors (Lipinski definition) is 1. The summed E-state index contributed by atoms with van der Waals surface area (Å²) in [6.45, 7) is 1.99. The first-order valence-corrected chi connectivity index (χ1v) is 10.5. The summed E-state index contributed by atoms with van der Waals surface area (Å²) in [4.78, 5) is 17.4. The third-order valence-corrected chi connectivity index (χ3v) is 5.55. The molecule has 3 aromatic carbocycles. The van der Waals surface area contributed by atoms with Crippen molar-refractivity contribution in [1.29, 1.82) is 0 Å². The zero-order chi connectivity index (χ0) is 21.3. The molecule has 0 unspecified atom stereocenters. The maximum absolute atomic E-state index is 12.8. The molecule has 0 spiro atoms. The summed E-state index contributed by atoms with van der Waals surface area (Å²) in [5.74, 6) is 0.148. The maximum Gasteiger partial charge on any atom is 0.295 e. The van der Waals surface area contributed by atoms with Gasteiger partial charge in [0.1, 0.15) is 0 Å². The number of anilines is 1. The van der Waals surface area contributed by atoms with Crippen molar-refractivity contribution < 1.29 is 4.79 Å². The average molecular weight is 502 g/mol. The highest BCUT2D eigenvalue weighted by Crippen LogP contribution is 2.28. The molecule has 4 aromatic rings. The van der Waals surface area contributed by atoms with Crippen molar-refractivity contribution in [2.45, 2.75) is 6.92 Å². The van der Waals surface area contributed by atoms with Gasteiger partial charge >= 0.3 is 0 Å². The number of amides is 1. The molecule has 1 aromatic heterocycles. The van der Waals surface area contributed by atoms with Crippen molar-refractivity contribution >= 4 is 50.7 Å². The third kappa shape index (κ3) is 4.41. The fourth-order valence-electron chi connectivity index (χ4n) is 2.93. The van der Waals surface area contributed by atoms with E-state index in [0.717, 1.165) is 15.6 Å². The first-order chi connectivity index (χ1) is 14.4. The molecule has 0 saturated carbocycles. The van der Waals surface area contributed by atoms with Crippen molar-refractivity contribution in [3.63, 3.8) is 0 Å². The normalized spacial score (nSPS) is 10.8. The van der Waals surface area contributed by atoms with E-state index in [0.29, 0.717) is 27.2 Å². The van der Waals surface area contributed by atoms with Crippen LogP contribution in [0, 0.1) is 6.92 Å². The van der Waals surface area contributed by atoms with Gasteiger partial charge in [-0.05, 0) is 49.4 Å². The second kappa shape index (κ2) is 8.60. The van der Waals surface area contributed by atoms with Crippen molar-refractivity contribution in [1.82, 2.24) is 14.8 Å². The fourth-order valence-corrected chi connectivity index (χ4v) is 3.62. The van der Waals surface area contributed by atoms with Crippen LogP contribution < -0.4 is 5.32 Å². The Morgan fingerprint density at radius 2 is 1.80 bits per heavy atom. The van der Waals surface area contributed by atoms with Crippen LogP contribution in [0.25, 0.3) is 17.1 Å². The molecule has 4 rings (SSSR count). The number of rotatable bonds is 4. The second-order valence-corrected chi connectivity index (χ2v) is 8.33. The summed E-state index contributed by atoms with van der Waals surface area (Å²) in [6.07, 6.45) is 0. The largest absolute Gasteiger partial charge is 0.319 e. The Bertz CT molecular complexity index is 1260. The summed E-state index contributed by atoms with van der Waals surface area (Å²) >= 11 is 15.7. The lowest BCUT2D eigenvalue weighted by Gasteiger charge is -2.07. The summed E-state index contributed by atoms with van der Waals surface area (Å²) < 4.78 is 2.45. The Morgan fingerprint density at radius 1 is 1.00 bits per heavy atom. The van der Waals surface area contributed by atoms with Gasteiger partial charge in [-0.25, -0.2) is 9.67 Å². The standard InChI is InChI=1S/C22H15BrCl2N4O/c1-13-4-2-5-14(10-13)21-27-20(22(30)26-16-7-3-6-15(23)11-16)28-29(21)17-8-9-18(24)19(25)12-17/h2-12H,1H3,(H,26,30). The molecule has 30 heavy (non-hydrogen) atoms. The molecule has 0 aliphatic carbocycles. The van der Waals surface area contributed by atoms with Crippen molar-refractivity contribution in [2.75, 3.05) is 5.32 Å². The SMILES string of the molecule is Cc1cccc(-c2nc(C(=O)Nc3cccc(Br)c3)nn2-c2ccc(Cl)c(Cl)c2)c1. The lowest BCUT2D eigenvalue weighted by Crippen LogP contribution is -2.14. The highest BCUT2D eigenvalue weighted by Gasteiger charge is 2.19. The number of nitrogens with one attached hydrogen (secondary N) is 1. The molecule has 0 fully saturated rings. The zero-order valence-corrected chi connectivity index (χ0v) is 18.8. The van der Waals surface area contributed by atoms with Gasteiger partial charge in [0.15, 0.2) is 5.82 Å². The minimum Gasteiger partial charge on any atom is -0.319 e. The van der Waals surface area contributed by atoms with Gasteiger partial charge in [-0.2, -0.15) is 0 Å². The van der Waals surface area contributed by atoms with E-state index in [1.165, 1.54) is 0 Å². The molecule has 0 saturated heterocycles. The first kappa shape index (κ1) is 20.6. The van der Waals surface area contributed by atoms with Crippen LogP contribution in [0.3, 0.4) is 0 Å². The Hall–Kier alpha value is -2.67. The second-order valence-electron chi connectivity index (χ2n) is 6.60. The predicted octanol–water partition coefficient (Wildman–Crippen LogP) is 6.56. The Kier molecular flexibility index (Phi) is 5.90. The number of benzene rings is 3. The summed E-state index contributed by atoms with van der Waals surface area (Å²) in [5.41, 5.74) is 3.18. The molecule has 5 nitrogen and oxygen atoms in total. The van der Waals surface area contributed by atoms with E-state index in [1.807, 2.05) is 43.3 Å². The topological polar surface area (TPSA) is 59.8 Å². The molecule has 0 aliphatic heterocycles. The number of halogens is 3. The predicted molar refractivity (Wildman–Crippen MR) is 124 cm³/mol. The number of hydrogen-bond acceptors (Lipinski definition) is 3. The van der Waals surface area contributed by atoms with Gasteiger partial charge < -0.3 is 5.32 Å². The summed E-state index contributed by atoms with van der Waals surface area (Å²) in [6, 6.07) is 20.3. The van der Waals surface area contributed by atoms with E-state index in [2.05, 4.69) is 31.3 Å². The minimum atomic E-state index is -0.416. The lowest BCUT2D eigenvalue weighted by molar-refractivity contribution is 0.101. The summed E-state index contributed by atoms with van der Waals surface area (Å²) in [5, 5.41) is 8.10. The highest BCUT2D eigenvalue weighted by atomic mass is 79.9. The molecule has 1 N–H and O–H groups in total. The Balaban J connectivity index is 1.79. The van der Waals surface area contributed by atoms with Crippen molar-refractivity contribution in [2.24, 2.45) is 0 Å². The van der Waals surface area contributed by atoms with Crippen LogP contribution in [0.4, 0.5) is 5.69 Å².